The summed E-state index contributed by atoms with van der Waals surface area (Å²) in [5.74, 6) is -0.575. The first-order valence-corrected chi connectivity index (χ1v) is 6.33. The lowest BCUT2D eigenvalue weighted by Crippen LogP contribution is -2.52. The van der Waals surface area contributed by atoms with Gasteiger partial charge in [0.1, 0.15) is 6.04 Å². The van der Waals surface area contributed by atoms with E-state index in [4.69, 9.17) is 10.8 Å². The van der Waals surface area contributed by atoms with E-state index in [1.807, 2.05) is 13.8 Å². The van der Waals surface area contributed by atoms with E-state index in [9.17, 15) is 9.59 Å². The Balaban J connectivity index is 2.93. The van der Waals surface area contributed by atoms with Crippen molar-refractivity contribution in [1.29, 1.82) is 0 Å². The van der Waals surface area contributed by atoms with Crippen LogP contribution >= 0.6 is 11.8 Å². The minimum atomic E-state index is -0.954. The number of amides is 1. The summed E-state index contributed by atoms with van der Waals surface area (Å²) in [6, 6.07) is -1.39. The summed E-state index contributed by atoms with van der Waals surface area (Å²) in [5.41, 5.74) is 5.55. The molecule has 0 saturated carbocycles. The smallest absolute Gasteiger partial charge is 0.327 e. The molecule has 16 heavy (non-hydrogen) atoms. The highest BCUT2D eigenvalue weighted by molar-refractivity contribution is 8.00. The Hall–Kier alpha value is -0.750. The maximum absolute atomic E-state index is 11.9. The van der Waals surface area contributed by atoms with Crippen molar-refractivity contribution in [2.45, 2.75) is 38.2 Å². The standard InChI is InChI=1S/C10H18N2O3S/c1-5(2)9-12(8(13)6(3)11)7(4-16-9)10(14)15/h5-7,9H,4,11H2,1-3H3,(H,14,15). The predicted octanol–water partition coefficient (Wildman–Crippen LogP) is 0.344. The van der Waals surface area contributed by atoms with Gasteiger partial charge in [0.2, 0.25) is 5.91 Å². The molecule has 3 N–H and O–H groups in total. The highest BCUT2D eigenvalue weighted by atomic mass is 32.2. The van der Waals surface area contributed by atoms with Crippen LogP contribution in [-0.2, 0) is 9.59 Å². The van der Waals surface area contributed by atoms with Crippen LogP contribution in [0.5, 0.6) is 0 Å². The third-order valence-corrected chi connectivity index (χ3v) is 4.16. The maximum Gasteiger partial charge on any atom is 0.327 e. The molecule has 1 aliphatic rings. The first kappa shape index (κ1) is 13.3. The number of aliphatic carboxylic acids is 1. The first-order chi connectivity index (χ1) is 7.36. The summed E-state index contributed by atoms with van der Waals surface area (Å²) in [5, 5.41) is 8.98. The lowest BCUT2D eigenvalue weighted by Gasteiger charge is -2.30. The summed E-state index contributed by atoms with van der Waals surface area (Å²) in [6.45, 7) is 5.54. The molecular formula is C10H18N2O3S. The van der Waals surface area contributed by atoms with E-state index in [-0.39, 0.29) is 17.2 Å². The van der Waals surface area contributed by atoms with Crippen molar-refractivity contribution in [2.75, 3.05) is 5.75 Å². The highest BCUT2D eigenvalue weighted by Gasteiger charge is 2.43. The van der Waals surface area contributed by atoms with Crippen LogP contribution in [0.25, 0.3) is 0 Å². The number of carboxylic acids is 1. The average Bonchev–Trinajstić information content (AvgIpc) is 2.59. The molecule has 1 fully saturated rings. The van der Waals surface area contributed by atoms with E-state index in [0.29, 0.717) is 5.75 Å². The van der Waals surface area contributed by atoms with Crippen LogP contribution in [0.1, 0.15) is 20.8 Å². The Kier molecular flexibility index (Phi) is 4.21. The van der Waals surface area contributed by atoms with Crippen molar-refractivity contribution in [3.8, 4) is 0 Å². The number of thioether (sulfide) groups is 1. The molecule has 1 heterocycles. The number of rotatable bonds is 3. The fraction of sp³-hybridized carbons (Fsp3) is 0.800. The molecule has 1 saturated heterocycles. The van der Waals surface area contributed by atoms with E-state index >= 15 is 0 Å². The summed E-state index contributed by atoms with van der Waals surface area (Å²) in [4.78, 5) is 24.4. The topological polar surface area (TPSA) is 83.6 Å². The lowest BCUT2D eigenvalue weighted by molar-refractivity contribution is -0.149. The fourth-order valence-electron chi connectivity index (χ4n) is 1.75. The molecule has 3 unspecified atom stereocenters. The quantitative estimate of drug-likeness (QED) is 0.750. The third-order valence-electron chi connectivity index (χ3n) is 2.53. The SMILES string of the molecule is CC(N)C(=O)N1C(C(=O)O)CSC1C(C)C. The first-order valence-electron chi connectivity index (χ1n) is 5.28. The largest absolute Gasteiger partial charge is 0.480 e. The second-order valence-electron chi connectivity index (χ2n) is 4.36. The van der Waals surface area contributed by atoms with Crippen LogP contribution in [-0.4, -0.2) is 45.1 Å². The van der Waals surface area contributed by atoms with Crippen molar-refractivity contribution < 1.29 is 14.7 Å². The van der Waals surface area contributed by atoms with Crippen LogP contribution < -0.4 is 5.73 Å². The van der Waals surface area contributed by atoms with Crippen molar-refractivity contribution >= 4 is 23.6 Å². The van der Waals surface area contributed by atoms with Gasteiger partial charge in [-0.25, -0.2) is 4.79 Å². The van der Waals surface area contributed by atoms with Gasteiger partial charge in [-0.2, -0.15) is 0 Å². The number of carbonyl (C=O) groups excluding carboxylic acids is 1. The normalized spacial score (nSPS) is 27.2. The molecule has 0 spiro atoms. The van der Waals surface area contributed by atoms with E-state index < -0.39 is 18.1 Å². The number of hydrogen-bond donors (Lipinski definition) is 2. The Labute approximate surface area is 99.4 Å². The van der Waals surface area contributed by atoms with Gasteiger partial charge in [0.25, 0.3) is 0 Å². The van der Waals surface area contributed by atoms with Crippen LogP contribution in [0.2, 0.25) is 0 Å². The van der Waals surface area contributed by atoms with Crippen LogP contribution in [0.15, 0.2) is 0 Å². The average molecular weight is 246 g/mol. The molecular weight excluding hydrogens is 228 g/mol. The molecule has 0 aromatic rings. The summed E-state index contributed by atoms with van der Waals surface area (Å²) in [7, 11) is 0. The van der Waals surface area contributed by atoms with E-state index in [1.165, 1.54) is 16.7 Å². The van der Waals surface area contributed by atoms with Gasteiger partial charge in [-0.3, -0.25) is 4.79 Å². The molecule has 1 aliphatic heterocycles. The monoisotopic (exact) mass is 246 g/mol. The minimum absolute atomic E-state index is 0.0837. The van der Waals surface area contributed by atoms with Crippen LogP contribution in [0, 0.1) is 5.92 Å². The molecule has 1 rings (SSSR count). The molecule has 0 aromatic carbocycles. The van der Waals surface area contributed by atoms with Crippen LogP contribution in [0.3, 0.4) is 0 Å². The van der Waals surface area contributed by atoms with Crippen molar-refractivity contribution in [2.24, 2.45) is 11.7 Å². The molecule has 3 atom stereocenters. The fourth-order valence-corrected chi connectivity index (χ4v) is 3.22. The summed E-state index contributed by atoms with van der Waals surface area (Å²) in [6.07, 6.45) is 0. The zero-order valence-electron chi connectivity index (χ0n) is 9.71. The molecule has 5 nitrogen and oxygen atoms in total. The van der Waals surface area contributed by atoms with E-state index in [0.717, 1.165) is 0 Å². The highest BCUT2D eigenvalue weighted by Crippen LogP contribution is 2.34. The molecule has 0 aliphatic carbocycles. The van der Waals surface area contributed by atoms with Crippen molar-refractivity contribution in [3.05, 3.63) is 0 Å². The van der Waals surface area contributed by atoms with Gasteiger partial charge in [0, 0.05) is 5.75 Å². The molecule has 6 heteroatoms. The number of nitrogens with two attached hydrogens (primary N) is 1. The zero-order chi connectivity index (χ0) is 12.5. The van der Waals surface area contributed by atoms with E-state index in [2.05, 4.69) is 0 Å². The molecule has 1 amide bonds. The van der Waals surface area contributed by atoms with Crippen LogP contribution in [0.4, 0.5) is 0 Å². The Bertz CT molecular complexity index is 294. The Morgan fingerprint density at radius 3 is 2.38 bits per heavy atom. The van der Waals surface area contributed by atoms with Gasteiger partial charge in [0.05, 0.1) is 11.4 Å². The number of carboxylic acid groups (broad SMARTS) is 1. The number of carbonyl (C=O) groups is 2. The predicted molar refractivity (Wildman–Crippen MR) is 63.0 cm³/mol. The Morgan fingerprint density at radius 1 is 1.44 bits per heavy atom. The number of hydrogen-bond acceptors (Lipinski definition) is 4. The summed E-state index contributed by atoms with van der Waals surface area (Å²) >= 11 is 1.51. The van der Waals surface area contributed by atoms with Gasteiger partial charge in [0.15, 0.2) is 0 Å². The Morgan fingerprint density at radius 2 is 2.00 bits per heavy atom. The van der Waals surface area contributed by atoms with Crippen molar-refractivity contribution in [1.82, 2.24) is 4.90 Å². The third kappa shape index (κ3) is 2.49. The molecule has 0 bridgehead atoms. The molecule has 0 radical (unpaired) electrons. The van der Waals surface area contributed by atoms with Gasteiger partial charge in [-0.1, -0.05) is 13.8 Å². The minimum Gasteiger partial charge on any atom is -0.480 e. The maximum atomic E-state index is 11.9. The van der Waals surface area contributed by atoms with Gasteiger partial charge in [-0.15, -0.1) is 11.8 Å². The lowest BCUT2D eigenvalue weighted by atomic mass is 10.1. The zero-order valence-corrected chi connectivity index (χ0v) is 10.5. The van der Waals surface area contributed by atoms with E-state index in [1.54, 1.807) is 6.92 Å². The summed E-state index contributed by atoms with van der Waals surface area (Å²) < 4.78 is 0. The molecule has 92 valence electrons. The second kappa shape index (κ2) is 5.05. The number of nitrogens with zero attached hydrogens (tertiary/aromatic N) is 1. The second-order valence-corrected chi connectivity index (χ2v) is 5.51. The van der Waals surface area contributed by atoms with Gasteiger partial charge in [-0.05, 0) is 12.8 Å². The molecule has 0 aromatic heterocycles. The van der Waals surface area contributed by atoms with Gasteiger partial charge >= 0.3 is 5.97 Å². The van der Waals surface area contributed by atoms with Crippen molar-refractivity contribution in [3.63, 3.8) is 0 Å². The van der Waals surface area contributed by atoms with Gasteiger partial charge < -0.3 is 15.7 Å².